The lowest BCUT2D eigenvalue weighted by Gasteiger charge is -2.18. The topological polar surface area (TPSA) is 45.5 Å². The maximum Gasteiger partial charge on any atom is 0.236 e. The van der Waals surface area contributed by atoms with Gasteiger partial charge in [-0.1, -0.05) is 0 Å². The van der Waals surface area contributed by atoms with Crippen LogP contribution in [-0.4, -0.2) is 59.3 Å². The van der Waals surface area contributed by atoms with Crippen LogP contribution in [-0.2, 0) is 11.8 Å². The maximum atomic E-state index is 12.0. The SMILES string of the molecule is CN1CCCN(CC(=O)c2ccn(C)c2)CC1=O. The smallest absolute Gasteiger partial charge is 0.236 e. The van der Waals surface area contributed by atoms with Gasteiger partial charge in [0.05, 0.1) is 13.1 Å². The van der Waals surface area contributed by atoms with Gasteiger partial charge in [-0.25, -0.2) is 0 Å². The molecule has 0 aliphatic carbocycles. The third-order valence-corrected chi connectivity index (χ3v) is 3.27. The van der Waals surface area contributed by atoms with Gasteiger partial charge in [0.25, 0.3) is 0 Å². The summed E-state index contributed by atoms with van der Waals surface area (Å²) in [7, 11) is 3.70. The molecule has 1 aliphatic rings. The Morgan fingerprint density at radius 1 is 1.33 bits per heavy atom. The van der Waals surface area contributed by atoms with E-state index in [1.165, 1.54) is 0 Å². The van der Waals surface area contributed by atoms with Crippen LogP contribution in [0.25, 0.3) is 0 Å². The zero-order chi connectivity index (χ0) is 13.1. The molecule has 0 radical (unpaired) electrons. The van der Waals surface area contributed by atoms with Gasteiger partial charge in [0.2, 0.25) is 5.91 Å². The standard InChI is InChI=1S/C13H19N3O2/c1-14-7-4-11(8-14)12(17)9-16-6-3-5-15(2)13(18)10-16/h4,7-8H,3,5-6,9-10H2,1-2H3. The number of carbonyl (C=O) groups is 2. The molecule has 0 atom stereocenters. The molecule has 0 bridgehead atoms. The van der Waals surface area contributed by atoms with Gasteiger partial charge < -0.3 is 9.47 Å². The van der Waals surface area contributed by atoms with E-state index >= 15 is 0 Å². The molecular formula is C13H19N3O2. The number of likely N-dealkylation sites (N-methyl/N-ethyl adjacent to an activating group) is 1. The Balaban J connectivity index is 1.96. The van der Waals surface area contributed by atoms with Crippen LogP contribution in [0.2, 0.25) is 0 Å². The van der Waals surface area contributed by atoms with Crippen molar-refractivity contribution in [3.05, 3.63) is 24.0 Å². The highest BCUT2D eigenvalue weighted by Gasteiger charge is 2.21. The molecule has 5 heteroatoms. The zero-order valence-corrected chi connectivity index (χ0v) is 10.9. The molecule has 2 heterocycles. The summed E-state index contributed by atoms with van der Waals surface area (Å²) in [5, 5.41) is 0. The number of aryl methyl sites for hydroxylation is 1. The van der Waals surface area contributed by atoms with Crippen molar-refractivity contribution in [3.63, 3.8) is 0 Å². The van der Waals surface area contributed by atoms with E-state index in [9.17, 15) is 9.59 Å². The fourth-order valence-corrected chi connectivity index (χ4v) is 2.14. The first-order chi connectivity index (χ1) is 8.56. The third-order valence-electron chi connectivity index (χ3n) is 3.27. The Kier molecular flexibility index (Phi) is 3.81. The van der Waals surface area contributed by atoms with Crippen molar-refractivity contribution in [2.45, 2.75) is 6.42 Å². The van der Waals surface area contributed by atoms with Gasteiger partial charge in [-0.3, -0.25) is 14.5 Å². The minimum atomic E-state index is 0.0768. The molecule has 1 aromatic rings. The summed E-state index contributed by atoms with van der Waals surface area (Å²) in [5.41, 5.74) is 0.711. The van der Waals surface area contributed by atoms with Crippen LogP contribution in [0.1, 0.15) is 16.8 Å². The first-order valence-corrected chi connectivity index (χ1v) is 6.18. The van der Waals surface area contributed by atoms with Gasteiger partial charge in [0.15, 0.2) is 5.78 Å². The van der Waals surface area contributed by atoms with Gasteiger partial charge in [0, 0.05) is 45.1 Å². The summed E-state index contributed by atoms with van der Waals surface area (Å²) in [4.78, 5) is 27.4. The molecule has 1 saturated heterocycles. The normalized spacial score (nSPS) is 17.9. The van der Waals surface area contributed by atoms with Crippen LogP contribution in [0.4, 0.5) is 0 Å². The number of carbonyl (C=O) groups excluding carboxylic acids is 2. The largest absolute Gasteiger partial charge is 0.357 e. The third kappa shape index (κ3) is 2.98. The highest BCUT2D eigenvalue weighted by atomic mass is 16.2. The van der Waals surface area contributed by atoms with Crippen LogP contribution < -0.4 is 0 Å². The molecule has 5 nitrogen and oxygen atoms in total. The zero-order valence-electron chi connectivity index (χ0n) is 10.9. The lowest BCUT2D eigenvalue weighted by atomic mass is 10.2. The number of aromatic nitrogens is 1. The van der Waals surface area contributed by atoms with Crippen molar-refractivity contribution in [1.82, 2.24) is 14.4 Å². The molecule has 1 aliphatic heterocycles. The highest BCUT2D eigenvalue weighted by Crippen LogP contribution is 2.06. The number of ketones is 1. The predicted octanol–water partition coefficient (Wildman–Crippen LogP) is 0.372. The van der Waals surface area contributed by atoms with E-state index in [4.69, 9.17) is 0 Å². The fourth-order valence-electron chi connectivity index (χ4n) is 2.14. The van der Waals surface area contributed by atoms with E-state index in [2.05, 4.69) is 0 Å². The number of rotatable bonds is 3. The molecule has 0 N–H and O–H groups in total. The molecule has 0 saturated carbocycles. The number of Topliss-reactive ketones (excluding diaryl/α,β-unsaturated/α-hetero) is 1. The second-order valence-corrected chi connectivity index (χ2v) is 4.87. The summed E-state index contributed by atoms with van der Waals surface area (Å²) in [6, 6.07) is 1.81. The number of hydrogen-bond acceptors (Lipinski definition) is 3. The Morgan fingerprint density at radius 3 is 2.78 bits per heavy atom. The molecule has 0 unspecified atom stereocenters. The van der Waals surface area contributed by atoms with Crippen LogP contribution >= 0.6 is 0 Å². The van der Waals surface area contributed by atoms with E-state index in [-0.39, 0.29) is 11.7 Å². The van der Waals surface area contributed by atoms with E-state index in [0.717, 1.165) is 19.5 Å². The average molecular weight is 249 g/mol. The van der Waals surface area contributed by atoms with Gasteiger partial charge in [-0.2, -0.15) is 0 Å². The van der Waals surface area contributed by atoms with E-state index in [1.54, 1.807) is 4.90 Å². The predicted molar refractivity (Wildman–Crippen MR) is 68.4 cm³/mol. The quantitative estimate of drug-likeness (QED) is 0.727. The highest BCUT2D eigenvalue weighted by molar-refractivity contribution is 5.97. The Morgan fingerprint density at radius 2 is 2.11 bits per heavy atom. The van der Waals surface area contributed by atoms with Crippen LogP contribution in [0, 0.1) is 0 Å². The molecule has 2 rings (SSSR count). The van der Waals surface area contributed by atoms with E-state index in [1.807, 2.05) is 42.0 Å². The van der Waals surface area contributed by atoms with E-state index in [0.29, 0.717) is 18.7 Å². The van der Waals surface area contributed by atoms with Crippen LogP contribution in [0.3, 0.4) is 0 Å². The van der Waals surface area contributed by atoms with Gasteiger partial charge >= 0.3 is 0 Å². The van der Waals surface area contributed by atoms with Gasteiger partial charge in [-0.05, 0) is 12.5 Å². The summed E-state index contributed by atoms with van der Waals surface area (Å²) in [6.45, 7) is 2.24. The minimum Gasteiger partial charge on any atom is -0.357 e. The number of amides is 1. The molecule has 18 heavy (non-hydrogen) atoms. The molecule has 98 valence electrons. The van der Waals surface area contributed by atoms with Gasteiger partial charge in [0.1, 0.15) is 0 Å². The van der Waals surface area contributed by atoms with Crippen molar-refractivity contribution in [2.75, 3.05) is 33.2 Å². The van der Waals surface area contributed by atoms with Crippen molar-refractivity contribution in [1.29, 1.82) is 0 Å². The minimum absolute atomic E-state index is 0.0768. The lowest BCUT2D eigenvalue weighted by molar-refractivity contribution is -0.129. The summed E-state index contributed by atoms with van der Waals surface area (Å²) in [5.74, 6) is 0.168. The summed E-state index contributed by atoms with van der Waals surface area (Å²) in [6.07, 6.45) is 4.59. The van der Waals surface area contributed by atoms with Gasteiger partial charge in [-0.15, -0.1) is 0 Å². The average Bonchev–Trinajstić information content (AvgIpc) is 2.68. The van der Waals surface area contributed by atoms with Crippen molar-refractivity contribution >= 4 is 11.7 Å². The first-order valence-electron chi connectivity index (χ1n) is 6.18. The van der Waals surface area contributed by atoms with Crippen LogP contribution in [0.5, 0.6) is 0 Å². The van der Waals surface area contributed by atoms with E-state index < -0.39 is 0 Å². The van der Waals surface area contributed by atoms with Crippen molar-refractivity contribution in [2.24, 2.45) is 7.05 Å². The Bertz CT molecular complexity index is 453. The first kappa shape index (κ1) is 12.8. The monoisotopic (exact) mass is 249 g/mol. The molecule has 0 aromatic carbocycles. The molecular weight excluding hydrogens is 230 g/mol. The Hall–Kier alpha value is -1.62. The number of hydrogen-bond donors (Lipinski definition) is 0. The lowest BCUT2D eigenvalue weighted by Crippen LogP contribution is -2.37. The molecule has 1 aromatic heterocycles. The fraction of sp³-hybridized carbons (Fsp3) is 0.538. The molecule has 0 spiro atoms. The molecule has 1 fully saturated rings. The van der Waals surface area contributed by atoms with Crippen LogP contribution in [0.15, 0.2) is 18.5 Å². The second kappa shape index (κ2) is 5.35. The second-order valence-electron chi connectivity index (χ2n) is 4.87. The summed E-state index contributed by atoms with van der Waals surface area (Å²) >= 11 is 0. The summed E-state index contributed by atoms with van der Waals surface area (Å²) < 4.78 is 1.86. The Labute approximate surface area is 107 Å². The van der Waals surface area contributed by atoms with Crippen molar-refractivity contribution in [3.8, 4) is 0 Å². The maximum absolute atomic E-state index is 12.0. The van der Waals surface area contributed by atoms with Crippen molar-refractivity contribution < 1.29 is 9.59 Å². The number of nitrogens with zero attached hydrogens (tertiary/aromatic N) is 3. The molecule has 1 amide bonds.